The van der Waals surface area contributed by atoms with Crippen LogP contribution in [0.25, 0.3) is 11.1 Å². The van der Waals surface area contributed by atoms with E-state index in [1.807, 2.05) is 19.1 Å². The number of carbonyl (C=O) groups excluding carboxylic acids is 3. The van der Waals surface area contributed by atoms with Gasteiger partial charge in [0, 0.05) is 23.7 Å². The summed E-state index contributed by atoms with van der Waals surface area (Å²) >= 11 is 0. The number of nitriles is 1. The third-order valence-electron chi connectivity index (χ3n) is 7.48. The van der Waals surface area contributed by atoms with Crippen LogP contribution < -0.4 is 16.8 Å². The summed E-state index contributed by atoms with van der Waals surface area (Å²) in [6, 6.07) is 11.9. The smallest absolute Gasteiger partial charge is 0.248 e. The van der Waals surface area contributed by atoms with Crippen LogP contribution in [0, 0.1) is 11.3 Å². The van der Waals surface area contributed by atoms with Crippen molar-refractivity contribution in [3.05, 3.63) is 64.5 Å². The van der Waals surface area contributed by atoms with E-state index in [4.69, 9.17) is 11.5 Å². The van der Waals surface area contributed by atoms with Crippen LogP contribution in [0.15, 0.2) is 36.4 Å². The molecule has 0 radical (unpaired) electrons. The number of hydrogen-bond acceptors (Lipinski definition) is 8. The van der Waals surface area contributed by atoms with E-state index in [9.17, 15) is 19.6 Å². The van der Waals surface area contributed by atoms with E-state index in [0.29, 0.717) is 47.5 Å². The Balaban J connectivity index is 1.55. The van der Waals surface area contributed by atoms with Crippen molar-refractivity contribution < 1.29 is 14.4 Å². The number of aromatic amines is 1. The minimum absolute atomic E-state index is 0.0720. The number of nitrogens with one attached hydrogen (secondary N) is 2. The third-order valence-corrected chi connectivity index (χ3v) is 7.48. The van der Waals surface area contributed by atoms with Crippen molar-refractivity contribution in [2.45, 2.75) is 43.7 Å². The van der Waals surface area contributed by atoms with E-state index in [-0.39, 0.29) is 18.5 Å². The molecule has 1 saturated heterocycles. The molecule has 2 heterocycles. The molecule has 0 saturated carbocycles. The van der Waals surface area contributed by atoms with E-state index < -0.39 is 23.3 Å². The first-order valence-corrected chi connectivity index (χ1v) is 12.3. The summed E-state index contributed by atoms with van der Waals surface area (Å²) in [4.78, 5) is 38.5. The van der Waals surface area contributed by atoms with Crippen molar-refractivity contribution in [1.82, 2.24) is 30.8 Å². The fraction of sp³-hybridized carbons (Fsp3) is 0.346. The summed E-state index contributed by atoms with van der Waals surface area (Å²) in [5, 5.41) is 27.7. The summed E-state index contributed by atoms with van der Waals surface area (Å²) in [5.41, 5.74) is 13.9. The number of primary amides is 2. The van der Waals surface area contributed by atoms with Gasteiger partial charge in [-0.15, -0.1) is 10.2 Å². The highest BCUT2D eigenvalue weighted by atomic mass is 16.2. The fourth-order valence-corrected chi connectivity index (χ4v) is 5.72. The first-order valence-electron chi connectivity index (χ1n) is 12.3. The molecule has 12 heteroatoms. The zero-order valence-corrected chi connectivity index (χ0v) is 20.8. The lowest BCUT2D eigenvalue weighted by Gasteiger charge is -2.32. The molecule has 1 aromatic heterocycles. The molecule has 194 valence electrons. The Labute approximate surface area is 218 Å². The van der Waals surface area contributed by atoms with Crippen molar-refractivity contribution in [1.29, 1.82) is 5.26 Å². The van der Waals surface area contributed by atoms with Crippen LogP contribution >= 0.6 is 0 Å². The van der Waals surface area contributed by atoms with Crippen molar-refractivity contribution >= 4 is 17.7 Å². The lowest BCUT2D eigenvalue weighted by Crippen LogP contribution is -2.45. The molecule has 2 atom stereocenters. The topological polar surface area (TPSA) is 197 Å². The lowest BCUT2D eigenvalue weighted by molar-refractivity contribution is -0.130. The van der Waals surface area contributed by atoms with Gasteiger partial charge in [0.15, 0.2) is 5.82 Å². The van der Waals surface area contributed by atoms with Crippen molar-refractivity contribution in [2.24, 2.45) is 11.5 Å². The van der Waals surface area contributed by atoms with E-state index >= 15 is 0 Å². The van der Waals surface area contributed by atoms with Crippen LogP contribution in [0.3, 0.4) is 0 Å². The van der Waals surface area contributed by atoms with Crippen molar-refractivity contribution in [2.75, 3.05) is 13.1 Å². The molecule has 1 unspecified atom stereocenters. The third kappa shape index (κ3) is 4.06. The standard InChI is InChI=1S/C26H27N9O3/c1-14(30-13-22(36)35-8-2-3-17(35)12-27)11-26(25-31-33-34-32-25)20-6-4-15(23(28)37)9-18(20)19-10-16(24(29)38)5-7-21(19)26/h4-7,9-10,14,17,30H,2-3,8,11,13H2,1H3,(H2,28,37)(H2,29,38)(H,31,32,33,34)/t14-,17?/m1/s1. The van der Waals surface area contributed by atoms with Gasteiger partial charge in [0.1, 0.15) is 6.04 Å². The number of aromatic nitrogens is 4. The monoisotopic (exact) mass is 513 g/mol. The van der Waals surface area contributed by atoms with Crippen LogP contribution in [0.4, 0.5) is 0 Å². The lowest BCUT2D eigenvalue weighted by atomic mass is 9.72. The normalized spacial score (nSPS) is 17.9. The van der Waals surface area contributed by atoms with Crippen molar-refractivity contribution in [3.63, 3.8) is 0 Å². The Morgan fingerprint density at radius 3 is 2.32 bits per heavy atom. The molecule has 3 amide bonds. The molecule has 38 heavy (non-hydrogen) atoms. The molecular weight excluding hydrogens is 486 g/mol. The molecule has 2 aliphatic rings. The number of carbonyl (C=O) groups is 3. The van der Waals surface area contributed by atoms with Gasteiger partial charge in [-0.3, -0.25) is 14.4 Å². The van der Waals surface area contributed by atoms with Gasteiger partial charge >= 0.3 is 0 Å². The Morgan fingerprint density at radius 1 is 1.16 bits per heavy atom. The summed E-state index contributed by atoms with van der Waals surface area (Å²) in [6.45, 7) is 2.60. The van der Waals surface area contributed by atoms with Crippen LogP contribution in [-0.2, 0) is 10.2 Å². The van der Waals surface area contributed by atoms with E-state index in [2.05, 4.69) is 32.0 Å². The maximum absolute atomic E-state index is 12.8. The highest BCUT2D eigenvalue weighted by Gasteiger charge is 2.49. The Kier molecular flexibility index (Phi) is 6.38. The minimum atomic E-state index is -0.914. The van der Waals surface area contributed by atoms with Gasteiger partial charge in [0.25, 0.3) is 0 Å². The van der Waals surface area contributed by atoms with Crippen LogP contribution in [-0.4, -0.2) is 68.4 Å². The van der Waals surface area contributed by atoms with Gasteiger partial charge in [0.2, 0.25) is 17.7 Å². The van der Waals surface area contributed by atoms with Gasteiger partial charge in [-0.25, -0.2) is 0 Å². The van der Waals surface area contributed by atoms with Gasteiger partial charge in [0.05, 0.1) is 18.0 Å². The summed E-state index contributed by atoms with van der Waals surface area (Å²) < 4.78 is 0. The second kappa shape index (κ2) is 9.68. The first kappa shape index (κ1) is 25.0. The number of H-pyrrole nitrogens is 1. The quantitative estimate of drug-likeness (QED) is 0.335. The average molecular weight is 514 g/mol. The van der Waals surface area contributed by atoms with Crippen LogP contribution in [0.1, 0.15) is 63.9 Å². The Morgan fingerprint density at radius 2 is 1.79 bits per heavy atom. The zero-order valence-electron chi connectivity index (χ0n) is 20.8. The van der Waals surface area contributed by atoms with Crippen LogP contribution in [0.5, 0.6) is 0 Å². The molecule has 1 fully saturated rings. The van der Waals surface area contributed by atoms with Gasteiger partial charge in [-0.05, 0) is 72.7 Å². The number of fused-ring (bicyclic) bond motifs is 3. The number of nitrogens with two attached hydrogens (primary N) is 2. The predicted molar refractivity (Wildman–Crippen MR) is 135 cm³/mol. The molecule has 5 rings (SSSR count). The highest BCUT2D eigenvalue weighted by Crippen LogP contribution is 2.54. The van der Waals surface area contributed by atoms with E-state index in [1.165, 1.54) is 0 Å². The maximum Gasteiger partial charge on any atom is 0.248 e. The van der Waals surface area contributed by atoms with Crippen molar-refractivity contribution in [3.8, 4) is 17.2 Å². The number of likely N-dealkylation sites (tertiary alicyclic amines) is 1. The maximum atomic E-state index is 12.8. The second-order valence-electron chi connectivity index (χ2n) is 9.75. The van der Waals surface area contributed by atoms with E-state index in [1.54, 1.807) is 29.2 Å². The molecule has 3 aromatic rings. The van der Waals surface area contributed by atoms with Gasteiger partial charge in [-0.1, -0.05) is 17.3 Å². The second-order valence-corrected chi connectivity index (χ2v) is 9.75. The molecule has 2 aromatic carbocycles. The predicted octanol–water partition coefficient (Wildman–Crippen LogP) is 0.595. The van der Waals surface area contributed by atoms with Crippen LogP contribution in [0.2, 0.25) is 0 Å². The number of tetrazole rings is 1. The molecule has 0 bridgehead atoms. The fourth-order valence-electron chi connectivity index (χ4n) is 5.72. The summed E-state index contributed by atoms with van der Waals surface area (Å²) in [7, 11) is 0. The minimum Gasteiger partial charge on any atom is -0.366 e. The molecule has 1 aliphatic carbocycles. The largest absolute Gasteiger partial charge is 0.366 e. The SMILES string of the molecule is C[C@H](CC1(c2nn[nH]n2)c2ccc(C(N)=O)cc2-c2cc(C(N)=O)ccc21)NCC(=O)N1CCCC1C#N. The molecule has 6 N–H and O–H groups in total. The first-order chi connectivity index (χ1) is 18.3. The number of rotatable bonds is 8. The number of benzene rings is 2. The molecule has 0 spiro atoms. The van der Waals surface area contributed by atoms with Gasteiger partial charge < -0.3 is 21.7 Å². The summed E-state index contributed by atoms with van der Waals surface area (Å²) in [6.07, 6.45) is 1.93. The molecule has 1 aliphatic heterocycles. The average Bonchev–Trinajstić information content (AvgIpc) is 3.66. The highest BCUT2D eigenvalue weighted by molar-refractivity contribution is 5.98. The molecular formula is C26H27N9O3. The number of amides is 3. The van der Waals surface area contributed by atoms with E-state index in [0.717, 1.165) is 17.5 Å². The molecule has 12 nitrogen and oxygen atoms in total. The van der Waals surface area contributed by atoms with Gasteiger partial charge in [-0.2, -0.15) is 10.5 Å². The Hall–Kier alpha value is -4.63. The number of nitrogens with zero attached hydrogens (tertiary/aromatic N) is 5. The number of hydrogen-bond donors (Lipinski definition) is 4. The Bertz CT molecular complexity index is 1400. The zero-order chi connectivity index (χ0) is 27.0. The summed E-state index contributed by atoms with van der Waals surface area (Å²) in [5.74, 6) is -0.883.